The normalized spacial score (nSPS) is 24.5. The van der Waals surface area contributed by atoms with Gasteiger partial charge in [-0.2, -0.15) is 4.98 Å². The highest BCUT2D eigenvalue weighted by molar-refractivity contribution is 5.86. The second-order valence-electron chi connectivity index (χ2n) is 11.1. The Morgan fingerprint density at radius 3 is 2.69 bits per heavy atom. The molecule has 3 aliphatic rings. The van der Waals surface area contributed by atoms with Crippen LogP contribution in [-0.2, 0) is 17.6 Å². The van der Waals surface area contributed by atoms with Crippen LogP contribution in [0.5, 0.6) is 0 Å². The summed E-state index contributed by atoms with van der Waals surface area (Å²) in [6, 6.07) is 0.429. The number of carbonyl (C=O) groups is 1. The van der Waals surface area contributed by atoms with Crippen molar-refractivity contribution in [2.45, 2.75) is 96.5 Å². The minimum absolute atomic E-state index is 0.0450. The van der Waals surface area contributed by atoms with E-state index in [4.69, 9.17) is 9.97 Å². The van der Waals surface area contributed by atoms with Gasteiger partial charge in [-0.15, -0.1) is 0 Å². The zero-order valence-electron chi connectivity index (χ0n) is 21.9. The second-order valence-corrected chi connectivity index (χ2v) is 11.1. The predicted octanol–water partition coefficient (Wildman–Crippen LogP) is 2.41. The number of aliphatic hydroxyl groups is 1. The summed E-state index contributed by atoms with van der Waals surface area (Å²) in [5, 5.41) is 17.2. The molecule has 2 aromatic rings. The van der Waals surface area contributed by atoms with Crippen molar-refractivity contribution in [3.05, 3.63) is 23.8 Å². The minimum atomic E-state index is -0.589. The van der Waals surface area contributed by atoms with Crippen molar-refractivity contribution in [3.8, 4) is 0 Å². The summed E-state index contributed by atoms with van der Waals surface area (Å²) in [5.41, 5.74) is 2.14. The maximum Gasteiger partial charge on any atom is 0.243 e. The number of hydrogen-bond donors (Lipinski definition) is 3. The SMILES string of the molecule is CC(C)N1CCCC(NC(=O)[C@H]2C[C@@H](O)CN2c2nc3c(c(Nc4cn(C(C)C)cn4)n2)CCC3)C1. The van der Waals surface area contributed by atoms with Crippen LogP contribution in [0.1, 0.15) is 70.7 Å². The molecule has 0 saturated carbocycles. The number of imidazole rings is 1. The Morgan fingerprint density at radius 2 is 1.94 bits per heavy atom. The largest absolute Gasteiger partial charge is 0.391 e. The molecule has 1 unspecified atom stereocenters. The number of aryl methyl sites for hydroxylation is 1. The first-order chi connectivity index (χ1) is 17.3. The maximum absolute atomic E-state index is 13.4. The summed E-state index contributed by atoms with van der Waals surface area (Å²) >= 11 is 0. The first-order valence-corrected chi connectivity index (χ1v) is 13.5. The summed E-state index contributed by atoms with van der Waals surface area (Å²) < 4.78 is 2.05. The second kappa shape index (κ2) is 10.3. The summed E-state index contributed by atoms with van der Waals surface area (Å²) in [6.45, 7) is 10.9. The van der Waals surface area contributed by atoms with E-state index in [0.717, 1.165) is 68.1 Å². The van der Waals surface area contributed by atoms with Crippen molar-refractivity contribution in [2.75, 3.05) is 29.9 Å². The fourth-order valence-corrected chi connectivity index (χ4v) is 5.63. The third-order valence-corrected chi connectivity index (χ3v) is 7.73. The number of hydrogen-bond acceptors (Lipinski definition) is 8. The van der Waals surface area contributed by atoms with E-state index in [0.29, 0.717) is 31.0 Å². The molecule has 1 amide bonds. The van der Waals surface area contributed by atoms with Gasteiger partial charge in [-0.25, -0.2) is 9.97 Å². The molecule has 196 valence electrons. The van der Waals surface area contributed by atoms with Gasteiger partial charge in [0.25, 0.3) is 0 Å². The van der Waals surface area contributed by atoms with Crippen LogP contribution in [0.4, 0.5) is 17.6 Å². The first-order valence-electron chi connectivity index (χ1n) is 13.5. The molecule has 3 atom stereocenters. The molecule has 2 fully saturated rings. The van der Waals surface area contributed by atoms with Crippen LogP contribution in [0, 0.1) is 0 Å². The van der Waals surface area contributed by atoms with Gasteiger partial charge < -0.3 is 25.2 Å². The fraction of sp³-hybridized carbons (Fsp3) is 0.692. The van der Waals surface area contributed by atoms with Gasteiger partial charge in [0, 0.05) is 49.4 Å². The molecule has 2 aromatic heterocycles. The van der Waals surface area contributed by atoms with Crippen molar-refractivity contribution in [1.82, 2.24) is 29.7 Å². The molecule has 0 aromatic carbocycles. The van der Waals surface area contributed by atoms with Gasteiger partial charge >= 0.3 is 0 Å². The van der Waals surface area contributed by atoms with E-state index in [1.165, 1.54) is 0 Å². The van der Waals surface area contributed by atoms with E-state index >= 15 is 0 Å². The fourth-order valence-electron chi connectivity index (χ4n) is 5.63. The summed E-state index contributed by atoms with van der Waals surface area (Å²) in [5.74, 6) is 1.95. The average molecular weight is 497 g/mol. The molecule has 4 heterocycles. The van der Waals surface area contributed by atoms with E-state index in [-0.39, 0.29) is 11.9 Å². The minimum Gasteiger partial charge on any atom is -0.391 e. The van der Waals surface area contributed by atoms with Crippen LogP contribution in [0.15, 0.2) is 12.5 Å². The third kappa shape index (κ3) is 5.20. The highest BCUT2D eigenvalue weighted by Crippen LogP contribution is 2.32. The highest BCUT2D eigenvalue weighted by Gasteiger charge is 2.39. The van der Waals surface area contributed by atoms with Gasteiger partial charge in [0.2, 0.25) is 11.9 Å². The first kappa shape index (κ1) is 25.0. The average Bonchev–Trinajstić information content (AvgIpc) is 3.58. The smallest absolute Gasteiger partial charge is 0.243 e. The molecule has 10 heteroatoms. The van der Waals surface area contributed by atoms with Crippen molar-refractivity contribution in [1.29, 1.82) is 0 Å². The van der Waals surface area contributed by atoms with Gasteiger partial charge in [-0.3, -0.25) is 9.69 Å². The number of rotatable bonds is 7. The van der Waals surface area contributed by atoms with Crippen LogP contribution in [-0.4, -0.2) is 79.3 Å². The number of β-amino-alcohol motifs (C(OH)–C–C–N with tert-alkyl or cyclic N) is 1. The van der Waals surface area contributed by atoms with E-state index < -0.39 is 12.1 Å². The number of aliphatic hydroxyl groups excluding tert-OH is 1. The number of aromatic nitrogens is 4. The van der Waals surface area contributed by atoms with Crippen molar-refractivity contribution < 1.29 is 9.90 Å². The summed E-state index contributed by atoms with van der Waals surface area (Å²) in [7, 11) is 0. The molecule has 0 spiro atoms. The third-order valence-electron chi connectivity index (χ3n) is 7.73. The molecule has 1 aliphatic carbocycles. The monoisotopic (exact) mass is 496 g/mol. The summed E-state index contributed by atoms with van der Waals surface area (Å²) in [6.07, 6.45) is 8.49. The Labute approximate surface area is 213 Å². The lowest BCUT2D eigenvalue weighted by Gasteiger charge is -2.36. The zero-order valence-corrected chi connectivity index (χ0v) is 21.9. The van der Waals surface area contributed by atoms with Crippen LogP contribution in [0.25, 0.3) is 0 Å². The number of anilines is 3. The van der Waals surface area contributed by atoms with Crippen molar-refractivity contribution in [3.63, 3.8) is 0 Å². The Balaban J connectivity index is 1.36. The van der Waals surface area contributed by atoms with Gasteiger partial charge in [0.1, 0.15) is 17.7 Å². The predicted molar refractivity (Wildman–Crippen MR) is 140 cm³/mol. The molecule has 0 bridgehead atoms. The van der Waals surface area contributed by atoms with Gasteiger partial charge in [0.05, 0.1) is 18.1 Å². The Kier molecular flexibility index (Phi) is 7.16. The topological polar surface area (TPSA) is 111 Å². The lowest BCUT2D eigenvalue weighted by molar-refractivity contribution is -0.123. The number of amides is 1. The Hall–Kier alpha value is -2.72. The number of piperidine rings is 1. The number of nitrogens with one attached hydrogen (secondary N) is 2. The maximum atomic E-state index is 13.4. The quantitative estimate of drug-likeness (QED) is 0.536. The standard InChI is InChI=1S/C26H40N8O2/c1-16(2)32-10-6-7-18(12-32)28-25(36)22-11-19(35)13-34(22)26-29-21-9-5-8-20(21)24(31-26)30-23-14-33(15-27-23)17(3)4/h14-19,22,35H,5-13H2,1-4H3,(H,28,36)(H,29,30,31)/t18?,19-,22-/m1/s1. The van der Waals surface area contributed by atoms with Crippen LogP contribution >= 0.6 is 0 Å². The summed E-state index contributed by atoms with van der Waals surface area (Å²) in [4.78, 5) is 32.0. The van der Waals surface area contributed by atoms with E-state index in [2.05, 4.69) is 48.2 Å². The van der Waals surface area contributed by atoms with Crippen LogP contribution < -0.4 is 15.5 Å². The molecular weight excluding hydrogens is 456 g/mol. The number of fused-ring (bicyclic) bond motifs is 1. The molecule has 2 aliphatic heterocycles. The number of carbonyl (C=O) groups excluding carboxylic acids is 1. The van der Waals surface area contributed by atoms with E-state index in [9.17, 15) is 9.90 Å². The van der Waals surface area contributed by atoms with E-state index in [1.54, 1.807) is 0 Å². The molecule has 0 radical (unpaired) electrons. The van der Waals surface area contributed by atoms with Gasteiger partial charge in [-0.05, 0) is 66.3 Å². The van der Waals surface area contributed by atoms with Crippen molar-refractivity contribution in [2.24, 2.45) is 0 Å². The number of likely N-dealkylation sites (tertiary alicyclic amines) is 1. The zero-order chi connectivity index (χ0) is 25.4. The lowest BCUT2D eigenvalue weighted by Crippen LogP contribution is -2.53. The van der Waals surface area contributed by atoms with Gasteiger partial charge in [0.15, 0.2) is 0 Å². The van der Waals surface area contributed by atoms with Gasteiger partial charge in [-0.1, -0.05) is 0 Å². The Morgan fingerprint density at radius 1 is 1.11 bits per heavy atom. The number of nitrogens with zero attached hydrogens (tertiary/aromatic N) is 6. The molecule has 2 saturated heterocycles. The molecule has 36 heavy (non-hydrogen) atoms. The van der Waals surface area contributed by atoms with E-state index in [1.807, 2.05) is 22.0 Å². The Bertz CT molecular complexity index is 1080. The lowest BCUT2D eigenvalue weighted by atomic mass is 10.0. The molecule has 5 rings (SSSR count). The van der Waals surface area contributed by atoms with Crippen molar-refractivity contribution >= 4 is 23.5 Å². The highest BCUT2D eigenvalue weighted by atomic mass is 16.3. The van der Waals surface area contributed by atoms with Crippen LogP contribution in [0.2, 0.25) is 0 Å². The molecular formula is C26H40N8O2. The van der Waals surface area contributed by atoms with Crippen LogP contribution in [0.3, 0.4) is 0 Å². The molecule has 3 N–H and O–H groups in total. The molecule has 10 nitrogen and oxygen atoms in total.